The number of piperazine rings is 1. The summed E-state index contributed by atoms with van der Waals surface area (Å²) in [4.78, 5) is 35.1. The van der Waals surface area contributed by atoms with Crippen LogP contribution in [0.2, 0.25) is 0 Å². The van der Waals surface area contributed by atoms with Crippen molar-refractivity contribution in [3.05, 3.63) is 64.6 Å². The van der Waals surface area contributed by atoms with Crippen molar-refractivity contribution in [1.82, 2.24) is 9.97 Å². The van der Waals surface area contributed by atoms with Crippen LogP contribution in [0.5, 0.6) is 0 Å². The Kier molecular flexibility index (Phi) is 4.04. The summed E-state index contributed by atoms with van der Waals surface area (Å²) >= 11 is 0. The van der Waals surface area contributed by atoms with Gasteiger partial charge in [-0.3, -0.25) is 4.79 Å². The van der Waals surface area contributed by atoms with Crippen LogP contribution < -0.4 is 15.2 Å². The molecule has 0 spiro atoms. The van der Waals surface area contributed by atoms with Gasteiger partial charge in [-0.2, -0.15) is 0 Å². The molecule has 0 amide bonds. The van der Waals surface area contributed by atoms with Crippen LogP contribution in [0.25, 0.3) is 10.9 Å². The van der Waals surface area contributed by atoms with Crippen molar-refractivity contribution in [2.45, 2.75) is 0 Å². The van der Waals surface area contributed by atoms with E-state index in [-0.39, 0.29) is 5.56 Å². The van der Waals surface area contributed by atoms with E-state index in [1.807, 2.05) is 30.3 Å². The molecule has 3 aromatic rings. The summed E-state index contributed by atoms with van der Waals surface area (Å²) in [5.41, 5.74) is 0.952. The number of carboxylic acid groups (broad SMARTS) is 1. The summed E-state index contributed by atoms with van der Waals surface area (Å²) in [5.74, 6) is -0.237. The molecule has 7 heteroatoms. The van der Waals surface area contributed by atoms with Crippen molar-refractivity contribution in [2.75, 3.05) is 36.0 Å². The van der Waals surface area contributed by atoms with Gasteiger partial charge in [0.1, 0.15) is 11.4 Å². The first-order chi connectivity index (χ1) is 12.6. The fourth-order valence-corrected chi connectivity index (χ4v) is 3.30. The molecule has 1 aromatic carbocycles. The molecule has 2 N–H and O–H groups in total. The van der Waals surface area contributed by atoms with Gasteiger partial charge in [0.15, 0.2) is 0 Å². The molecule has 0 aliphatic carbocycles. The van der Waals surface area contributed by atoms with Gasteiger partial charge in [0.2, 0.25) is 5.43 Å². The van der Waals surface area contributed by atoms with Crippen LogP contribution in [0.3, 0.4) is 0 Å². The van der Waals surface area contributed by atoms with Gasteiger partial charge in [-0.1, -0.05) is 6.07 Å². The monoisotopic (exact) mass is 350 g/mol. The van der Waals surface area contributed by atoms with Crippen LogP contribution in [0.4, 0.5) is 11.5 Å². The van der Waals surface area contributed by atoms with Crippen LogP contribution in [0, 0.1) is 0 Å². The number of carboxylic acids is 1. The van der Waals surface area contributed by atoms with E-state index in [2.05, 4.69) is 19.8 Å². The molecular formula is C19H18N4O3. The van der Waals surface area contributed by atoms with E-state index in [9.17, 15) is 9.59 Å². The average Bonchev–Trinajstić information content (AvgIpc) is 2.68. The summed E-state index contributed by atoms with van der Waals surface area (Å²) in [6, 6.07) is 11.4. The molecule has 3 heterocycles. The minimum atomic E-state index is -1.22. The van der Waals surface area contributed by atoms with Gasteiger partial charge >= 0.3 is 5.97 Å². The number of aromatic carboxylic acids is 1. The molecule has 0 bridgehead atoms. The fraction of sp³-hybridized carbons (Fsp3) is 0.211. The highest BCUT2D eigenvalue weighted by atomic mass is 16.4. The van der Waals surface area contributed by atoms with E-state index in [1.165, 1.54) is 6.20 Å². The topological polar surface area (TPSA) is 89.5 Å². The van der Waals surface area contributed by atoms with Gasteiger partial charge in [-0.05, 0) is 30.3 Å². The molecule has 1 saturated heterocycles. The fourth-order valence-electron chi connectivity index (χ4n) is 3.30. The molecular weight excluding hydrogens is 332 g/mol. The standard InChI is InChI=1S/C19H18N4O3/c24-18-14-5-4-13(11-16(14)21-12-15(18)19(25)26)22-7-9-23(10-8-22)17-3-1-2-6-20-17/h1-6,11-12H,7-10H2,(H,21,24)(H,25,26). The number of carbonyl (C=O) groups is 1. The van der Waals surface area contributed by atoms with Gasteiger partial charge in [0.05, 0.1) is 5.52 Å². The minimum absolute atomic E-state index is 0.241. The number of anilines is 2. The van der Waals surface area contributed by atoms with Gasteiger partial charge < -0.3 is 19.9 Å². The predicted molar refractivity (Wildman–Crippen MR) is 100 cm³/mol. The van der Waals surface area contributed by atoms with Crippen LogP contribution in [-0.4, -0.2) is 47.2 Å². The number of H-pyrrole nitrogens is 1. The lowest BCUT2D eigenvalue weighted by Crippen LogP contribution is -2.46. The second-order valence-corrected chi connectivity index (χ2v) is 6.23. The van der Waals surface area contributed by atoms with Crippen LogP contribution >= 0.6 is 0 Å². The quantitative estimate of drug-likeness (QED) is 0.750. The Balaban J connectivity index is 1.56. The number of hydrogen-bond acceptors (Lipinski definition) is 5. The van der Waals surface area contributed by atoms with E-state index in [0.29, 0.717) is 10.9 Å². The van der Waals surface area contributed by atoms with Crippen molar-refractivity contribution >= 4 is 28.4 Å². The van der Waals surface area contributed by atoms with Crippen LogP contribution in [0.15, 0.2) is 53.6 Å². The van der Waals surface area contributed by atoms with Crippen LogP contribution in [-0.2, 0) is 0 Å². The normalized spacial score (nSPS) is 14.6. The highest BCUT2D eigenvalue weighted by molar-refractivity contribution is 5.93. The Morgan fingerprint density at radius 2 is 1.85 bits per heavy atom. The van der Waals surface area contributed by atoms with Gasteiger partial charge in [-0.25, -0.2) is 9.78 Å². The van der Waals surface area contributed by atoms with Crippen LogP contribution in [0.1, 0.15) is 10.4 Å². The first kappa shape index (κ1) is 16.1. The van der Waals surface area contributed by atoms with Crippen molar-refractivity contribution in [1.29, 1.82) is 0 Å². The lowest BCUT2D eigenvalue weighted by atomic mass is 10.1. The highest BCUT2D eigenvalue weighted by Crippen LogP contribution is 2.22. The van der Waals surface area contributed by atoms with Gasteiger partial charge in [0, 0.05) is 49.6 Å². The van der Waals surface area contributed by atoms with Crippen molar-refractivity contribution in [2.24, 2.45) is 0 Å². The van der Waals surface area contributed by atoms with Crippen molar-refractivity contribution < 1.29 is 9.90 Å². The number of rotatable bonds is 3. The molecule has 7 nitrogen and oxygen atoms in total. The molecule has 0 unspecified atom stereocenters. The molecule has 1 aliphatic heterocycles. The Bertz CT molecular complexity index is 1010. The zero-order chi connectivity index (χ0) is 18.1. The van der Waals surface area contributed by atoms with Gasteiger partial charge in [0.25, 0.3) is 0 Å². The average molecular weight is 350 g/mol. The number of nitrogens with one attached hydrogen (secondary N) is 1. The second kappa shape index (κ2) is 6.51. The molecule has 1 fully saturated rings. The smallest absolute Gasteiger partial charge is 0.341 e. The van der Waals surface area contributed by atoms with E-state index < -0.39 is 11.4 Å². The lowest BCUT2D eigenvalue weighted by Gasteiger charge is -2.36. The Morgan fingerprint density at radius 1 is 1.08 bits per heavy atom. The lowest BCUT2D eigenvalue weighted by molar-refractivity contribution is 0.0695. The minimum Gasteiger partial charge on any atom is -0.477 e. The third kappa shape index (κ3) is 2.88. The number of pyridine rings is 2. The molecule has 2 aromatic heterocycles. The number of aromatic nitrogens is 2. The summed E-state index contributed by atoms with van der Waals surface area (Å²) in [6.07, 6.45) is 3.06. The Hall–Kier alpha value is -3.35. The molecule has 132 valence electrons. The molecule has 4 rings (SSSR count). The largest absolute Gasteiger partial charge is 0.477 e. The number of fused-ring (bicyclic) bond motifs is 1. The zero-order valence-corrected chi connectivity index (χ0v) is 14.1. The molecule has 26 heavy (non-hydrogen) atoms. The maximum Gasteiger partial charge on any atom is 0.341 e. The maximum absolute atomic E-state index is 12.2. The van der Waals surface area contributed by atoms with Crippen molar-refractivity contribution in [3.8, 4) is 0 Å². The van der Waals surface area contributed by atoms with E-state index >= 15 is 0 Å². The van der Waals surface area contributed by atoms with E-state index in [4.69, 9.17) is 5.11 Å². The summed E-state index contributed by atoms with van der Waals surface area (Å²) in [5, 5.41) is 9.45. The zero-order valence-electron chi connectivity index (χ0n) is 14.1. The third-order valence-electron chi connectivity index (χ3n) is 4.71. The molecule has 0 atom stereocenters. The second-order valence-electron chi connectivity index (χ2n) is 6.23. The maximum atomic E-state index is 12.2. The SMILES string of the molecule is O=C(O)c1c[nH]c2cc(N3CCN(c4ccccn4)CC3)ccc2c1=O. The Morgan fingerprint density at radius 3 is 2.54 bits per heavy atom. The number of aromatic amines is 1. The number of benzene rings is 1. The Labute approximate surface area is 149 Å². The highest BCUT2D eigenvalue weighted by Gasteiger charge is 2.19. The molecule has 0 saturated carbocycles. The number of nitrogens with zero attached hydrogens (tertiary/aromatic N) is 3. The third-order valence-corrected chi connectivity index (χ3v) is 4.71. The first-order valence-corrected chi connectivity index (χ1v) is 8.43. The first-order valence-electron chi connectivity index (χ1n) is 8.43. The van der Waals surface area contributed by atoms with Crippen molar-refractivity contribution in [3.63, 3.8) is 0 Å². The van der Waals surface area contributed by atoms with E-state index in [0.717, 1.165) is 37.7 Å². The summed E-state index contributed by atoms with van der Waals surface area (Å²) in [7, 11) is 0. The number of hydrogen-bond donors (Lipinski definition) is 2. The summed E-state index contributed by atoms with van der Waals surface area (Å²) in [6.45, 7) is 3.42. The van der Waals surface area contributed by atoms with Gasteiger partial charge in [-0.15, -0.1) is 0 Å². The van der Waals surface area contributed by atoms with E-state index in [1.54, 1.807) is 12.3 Å². The predicted octanol–water partition coefficient (Wildman–Crippen LogP) is 1.95. The molecule has 1 aliphatic rings. The molecule has 0 radical (unpaired) electrons. The summed E-state index contributed by atoms with van der Waals surface area (Å²) < 4.78 is 0.